The van der Waals surface area contributed by atoms with Crippen LogP contribution in [0.5, 0.6) is 0 Å². The van der Waals surface area contributed by atoms with Gasteiger partial charge in [-0.25, -0.2) is 0 Å². The zero-order chi connectivity index (χ0) is 13.2. The lowest BCUT2D eigenvalue weighted by atomic mass is 10.1. The van der Waals surface area contributed by atoms with E-state index in [0.29, 0.717) is 0 Å². The maximum atomic E-state index is 5.65. The second kappa shape index (κ2) is 10.1. The van der Waals surface area contributed by atoms with E-state index >= 15 is 0 Å². The normalized spacial score (nSPS) is 18.7. The number of ether oxygens (including phenoxy) is 1. The fourth-order valence-electron chi connectivity index (χ4n) is 2.20. The summed E-state index contributed by atoms with van der Waals surface area (Å²) < 4.78 is 7.76. The van der Waals surface area contributed by atoms with Crippen molar-refractivity contribution in [3.8, 4) is 0 Å². The Morgan fingerprint density at radius 1 is 1.00 bits per heavy atom. The average molecular weight is 274 g/mol. The van der Waals surface area contributed by atoms with Gasteiger partial charge in [-0.2, -0.15) is 0 Å². The molecule has 3 nitrogen and oxygen atoms in total. The summed E-state index contributed by atoms with van der Waals surface area (Å²) in [5.41, 5.74) is 0. The minimum Gasteiger partial charge on any atom is -0.381 e. The predicted molar refractivity (Wildman–Crippen MR) is 81.1 cm³/mol. The lowest BCUT2D eigenvalue weighted by Gasteiger charge is -2.31. The first kappa shape index (κ1) is 16.3. The summed E-state index contributed by atoms with van der Waals surface area (Å²) in [5, 5.41) is 0. The topological polar surface area (TPSA) is 15.7 Å². The van der Waals surface area contributed by atoms with Crippen molar-refractivity contribution in [2.45, 2.75) is 39.5 Å². The van der Waals surface area contributed by atoms with Crippen LogP contribution < -0.4 is 0 Å². The standard InChI is InChI=1S/C14H30N2OS/c1-14(2)6-5-13-17-12-4-3-7-15-8-10-16(18)11-9-15/h14,18H,3-13H2,1-2H3. The molecule has 0 aromatic carbocycles. The molecule has 0 amide bonds. The van der Waals surface area contributed by atoms with Crippen LogP contribution in [0.3, 0.4) is 0 Å². The highest BCUT2D eigenvalue weighted by molar-refractivity contribution is 7.77. The van der Waals surface area contributed by atoms with Crippen molar-refractivity contribution >= 4 is 12.8 Å². The monoisotopic (exact) mass is 274 g/mol. The molecule has 0 unspecified atom stereocenters. The largest absolute Gasteiger partial charge is 0.381 e. The molecular weight excluding hydrogens is 244 g/mol. The molecule has 108 valence electrons. The number of thiol groups is 1. The molecule has 0 radical (unpaired) electrons. The summed E-state index contributed by atoms with van der Waals surface area (Å²) in [6.07, 6.45) is 4.95. The summed E-state index contributed by atoms with van der Waals surface area (Å²) in [7, 11) is 0. The highest BCUT2D eigenvalue weighted by atomic mass is 32.1. The van der Waals surface area contributed by atoms with Crippen LogP contribution in [0.4, 0.5) is 0 Å². The van der Waals surface area contributed by atoms with Crippen LogP contribution in [-0.2, 0) is 4.74 Å². The minimum atomic E-state index is 0.805. The molecule has 4 heteroatoms. The third-order valence-electron chi connectivity index (χ3n) is 3.43. The van der Waals surface area contributed by atoms with Crippen LogP contribution in [0.2, 0.25) is 0 Å². The predicted octanol–water partition coefficient (Wildman–Crippen LogP) is 2.68. The summed E-state index contributed by atoms with van der Waals surface area (Å²) in [5.74, 6) is 0.805. The molecular formula is C14H30N2OS. The Morgan fingerprint density at radius 3 is 2.33 bits per heavy atom. The molecule has 0 aliphatic carbocycles. The molecule has 1 saturated heterocycles. The molecule has 0 bridgehead atoms. The highest BCUT2D eigenvalue weighted by Crippen LogP contribution is 2.06. The molecule has 0 saturated carbocycles. The lowest BCUT2D eigenvalue weighted by molar-refractivity contribution is 0.118. The molecule has 1 heterocycles. The van der Waals surface area contributed by atoms with Gasteiger partial charge in [0.25, 0.3) is 0 Å². The zero-order valence-electron chi connectivity index (χ0n) is 12.1. The van der Waals surface area contributed by atoms with Gasteiger partial charge >= 0.3 is 0 Å². The van der Waals surface area contributed by atoms with Gasteiger partial charge in [-0.15, -0.1) is 0 Å². The van der Waals surface area contributed by atoms with Crippen LogP contribution >= 0.6 is 12.8 Å². The number of hydrogen-bond acceptors (Lipinski definition) is 4. The minimum absolute atomic E-state index is 0.805. The Bertz CT molecular complexity index is 194. The van der Waals surface area contributed by atoms with Gasteiger partial charge in [0.05, 0.1) is 0 Å². The van der Waals surface area contributed by atoms with Gasteiger partial charge in [-0.05, 0) is 38.1 Å². The molecule has 0 atom stereocenters. The maximum Gasteiger partial charge on any atom is 0.0466 e. The lowest BCUT2D eigenvalue weighted by Crippen LogP contribution is -2.42. The van der Waals surface area contributed by atoms with Gasteiger partial charge in [0.1, 0.15) is 0 Å². The molecule has 1 aliphatic rings. The van der Waals surface area contributed by atoms with E-state index < -0.39 is 0 Å². The van der Waals surface area contributed by atoms with E-state index in [0.717, 1.165) is 32.2 Å². The molecule has 0 aromatic rings. The molecule has 0 spiro atoms. The third kappa shape index (κ3) is 8.35. The van der Waals surface area contributed by atoms with Crippen molar-refractivity contribution in [2.24, 2.45) is 5.92 Å². The van der Waals surface area contributed by atoms with Crippen molar-refractivity contribution in [3.05, 3.63) is 0 Å². The SMILES string of the molecule is CC(C)CCCOCCCCN1CCN(S)CC1. The molecule has 0 aromatic heterocycles. The molecule has 18 heavy (non-hydrogen) atoms. The third-order valence-corrected chi connectivity index (χ3v) is 3.83. The molecule has 1 rings (SSSR count). The van der Waals surface area contributed by atoms with Gasteiger partial charge in [-0.1, -0.05) is 26.7 Å². The number of nitrogens with zero attached hydrogens (tertiary/aromatic N) is 2. The van der Waals surface area contributed by atoms with Crippen LogP contribution in [-0.4, -0.2) is 55.1 Å². The smallest absolute Gasteiger partial charge is 0.0466 e. The Morgan fingerprint density at radius 2 is 1.67 bits per heavy atom. The molecule has 1 fully saturated rings. The summed E-state index contributed by atoms with van der Waals surface area (Å²) in [6, 6.07) is 0. The van der Waals surface area contributed by atoms with Gasteiger partial charge in [0, 0.05) is 39.4 Å². The first-order valence-corrected chi connectivity index (χ1v) is 7.82. The number of hydrogen-bond donors (Lipinski definition) is 1. The van der Waals surface area contributed by atoms with Crippen LogP contribution in [0, 0.1) is 5.92 Å². The van der Waals surface area contributed by atoms with E-state index in [1.54, 1.807) is 0 Å². The summed E-state index contributed by atoms with van der Waals surface area (Å²) in [4.78, 5) is 2.53. The van der Waals surface area contributed by atoms with Crippen molar-refractivity contribution in [3.63, 3.8) is 0 Å². The summed E-state index contributed by atoms with van der Waals surface area (Å²) >= 11 is 4.36. The Labute approximate surface area is 118 Å². The fourth-order valence-corrected chi connectivity index (χ4v) is 2.38. The van der Waals surface area contributed by atoms with Crippen LogP contribution in [0.1, 0.15) is 39.5 Å². The first-order chi connectivity index (χ1) is 8.68. The molecule has 1 aliphatic heterocycles. The number of unbranched alkanes of at least 4 members (excludes halogenated alkanes) is 1. The van der Waals surface area contributed by atoms with E-state index in [2.05, 4.69) is 35.9 Å². The Hall–Kier alpha value is 0.230. The van der Waals surface area contributed by atoms with Gasteiger partial charge in [-0.3, -0.25) is 4.31 Å². The van der Waals surface area contributed by atoms with E-state index in [-0.39, 0.29) is 0 Å². The van der Waals surface area contributed by atoms with Gasteiger partial charge < -0.3 is 9.64 Å². The van der Waals surface area contributed by atoms with Crippen molar-refractivity contribution in [1.29, 1.82) is 0 Å². The highest BCUT2D eigenvalue weighted by Gasteiger charge is 2.13. The average Bonchev–Trinajstić information content (AvgIpc) is 2.34. The summed E-state index contributed by atoms with van der Waals surface area (Å²) in [6.45, 7) is 12.1. The van der Waals surface area contributed by atoms with Crippen molar-refractivity contribution in [1.82, 2.24) is 9.21 Å². The maximum absolute atomic E-state index is 5.65. The van der Waals surface area contributed by atoms with Gasteiger partial charge in [0.2, 0.25) is 0 Å². The second-order valence-corrected chi connectivity index (χ2v) is 6.22. The zero-order valence-corrected chi connectivity index (χ0v) is 13.0. The van der Waals surface area contributed by atoms with Crippen molar-refractivity contribution < 1.29 is 4.74 Å². The van der Waals surface area contributed by atoms with Gasteiger partial charge in [0.15, 0.2) is 0 Å². The van der Waals surface area contributed by atoms with E-state index in [1.165, 1.54) is 45.3 Å². The van der Waals surface area contributed by atoms with E-state index in [1.807, 2.05) is 0 Å². The quantitative estimate of drug-likeness (QED) is 0.514. The van der Waals surface area contributed by atoms with E-state index in [9.17, 15) is 0 Å². The first-order valence-electron chi connectivity index (χ1n) is 7.42. The van der Waals surface area contributed by atoms with Crippen LogP contribution in [0.25, 0.3) is 0 Å². The fraction of sp³-hybridized carbons (Fsp3) is 1.00. The number of piperazine rings is 1. The molecule has 0 N–H and O–H groups in total. The number of rotatable bonds is 9. The second-order valence-electron chi connectivity index (χ2n) is 5.65. The Kier molecular flexibility index (Phi) is 9.11. The Balaban J connectivity index is 1.81. The van der Waals surface area contributed by atoms with Crippen LogP contribution in [0.15, 0.2) is 0 Å². The van der Waals surface area contributed by atoms with E-state index in [4.69, 9.17) is 4.74 Å². The van der Waals surface area contributed by atoms with Crippen molar-refractivity contribution in [2.75, 3.05) is 45.9 Å².